The zero-order valence-electron chi connectivity index (χ0n) is 22.6. The molecule has 0 unspecified atom stereocenters. The van der Waals surface area contributed by atoms with Crippen LogP contribution >= 0.6 is 0 Å². The highest BCUT2D eigenvalue weighted by Gasteiger charge is 2.50. The van der Waals surface area contributed by atoms with Gasteiger partial charge in [0.2, 0.25) is 5.95 Å². The van der Waals surface area contributed by atoms with Gasteiger partial charge in [-0.15, -0.1) is 0 Å². The fourth-order valence-corrected chi connectivity index (χ4v) is 6.30. The molecule has 2 aromatic carbocycles. The Bertz CT molecular complexity index is 1550. The Morgan fingerprint density at radius 2 is 1.64 bits per heavy atom. The Hall–Kier alpha value is -4.26. The molecule has 39 heavy (non-hydrogen) atoms. The van der Waals surface area contributed by atoms with Gasteiger partial charge in [0.1, 0.15) is 0 Å². The maximum Gasteiger partial charge on any atom is 0.408 e. The summed E-state index contributed by atoms with van der Waals surface area (Å²) >= 11 is 0. The van der Waals surface area contributed by atoms with Crippen LogP contribution in [0.15, 0.2) is 66.9 Å². The van der Waals surface area contributed by atoms with Gasteiger partial charge in [-0.25, -0.2) is 14.8 Å². The third-order valence-corrected chi connectivity index (χ3v) is 8.12. The highest BCUT2D eigenvalue weighted by molar-refractivity contribution is 5.86. The topological polar surface area (TPSA) is 105 Å². The van der Waals surface area contributed by atoms with Crippen LogP contribution in [0.3, 0.4) is 0 Å². The zero-order valence-corrected chi connectivity index (χ0v) is 22.6. The number of aromatic nitrogens is 3. The van der Waals surface area contributed by atoms with Crippen molar-refractivity contribution in [1.82, 2.24) is 19.9 Å². The van der Waals surface area contributed by atoms with Crippen LogP contribution < -0.4 is 5.73 Å². The fraction of sp³-hybridized carbons (Fsp3) is 0.312. The molecule has 0 spiro atoms. The number of benzene rings is 2. The molecule has 1 fully saturated rings. The molecule has 1 saturated carbocycles. The van der Waals surface area contributed by atoms with Crippen molar-refractivity contribution >= 4 is 12.0 Å². The number of hydrogen-bond donors (Lipinski definition) is 2. The number of carboxylic acid groups (broad SMARTS) is 1. The van der Waals surface area contributed by atoms with Crippen molar-refractivity contribution in [1.29, 1.82) is 0 Å². The van der Waals surface area contributed by atoms with Crippen LogP contribution in [-0.4, -0.2) is 36.6 Å². The first-order valence-electron chi connectivity index (χ1n) is 13.5. The van der Waals surface area contributed by atoms with E-state index in [-0.39, 0.29) is 5.95 Å². The van der Waals surface area contributed by atoms with Gasteiger partial charge < -0.3 is 10.8 Å². The molecule has 3 N–H and O–H groups in total. The lowest BCUT2D eigenvalue weighted by Crippen LogP contribution is -2.60. The van der Waals surface area contributed by atoms with E-state index < -0.39 is 17.2 Å². The lowest BCUT2D eigenvalue weighted by atomic mass is 9.69. The van der Waals surface area contributed by atoms with Gasteiger partial charge in [0.15, 0.2) is 0 Å². The van der Waals surface area contributed by atoms with Gasteiger partial charge in [-0.2, -0.15) is 0 Å². The van der Waals surface area contributed by atoms with Gasteiger partial charge in [0.05, 0.1) is 22.6 Å². The van der Waals surface area contributed by atoms with Crippen molar-refractivity contribution in [2.45, 2.75) is 64.0 Å². The van der Waals surface area contributed by atoms with Crippen LogP contribution in [0.25, 0.3) is 33.6 Å². The van der Waals surface area contributed by atoms with Crippen molar-refractivity contribution in [3.8, 4) is 33.6 Å². The van der Waals surface area contributed by atoms with E-state index in [0.29, 0.717) is 0 Å². The van der Waals surface area contributed by atoms with Gasteiger partial charge in [-0.1, -0.05) is 54.6 Å². The average molecular weight is 520 g/mol. The quantitative estimate of drug-likeness (QED) is 0.310. The second-order valence-corrected chi connectivity index (χ2v) is 11.6. The molecule has 2 aliphatic rings. The minimum absolute atomic E-state index is 0.262. The zero-order chi connectivity index (χ0) is 27.4. The SMILES string of the molecule is CC(C)(C)N(C(=O)O)C1(c2ccc(-c3nc4c(cc3-c3ccccc3)-c3nc(N)ncc3CC4)cc2)CCC1. The molecule has 2 aromatic heterocycles. The molecular formula is C32H33N5O2. The van der Waals surface area contributed by atoms with Crippen LogP contribution in [-0.2, 0) is 18.4 Å². The summed E-state index contributed by atoms with van der Waals surface area (Å²) in [6.45, 7) is 5.90. The highest BCUT2D eigenvalue weighted by atomic mass is 16.4. The van der Waals surface area contributed by atoms with E-state index in [9.17, 15) is 9.90 Å². The van der Waals surface area contributed by atoms with Crippen LogP contribution in [0.5, 0.6) is 0 Å². The predicted molar refractivity (Wildman–Crippen MR) is 153 cm³/mol. The maximum atomic E-state index is 12.4. The van der Waals surface area contributed by atoms with E-state index in [2.05, 4.69) is 52.4 Å². The van der Waals surface area contributed by atoms with Crippen molar-refractivity contribution in [2.24, 2.45) is 0 Å². The molecule has 6 rings (SSSR count). The number of nitrogens with two attached hydrogens (primary N) is 1. The van der Waals surface area contributed by atoms with Gasteiger partial charge >= 0.3 is 6.09 Å². The minimum atomic E-state index is -0.876. The Morgan fingerprint density at radius 3 is 2.26 bits per heavy atom. The summed E-state index contributed by atoms with van der Waals surface area (Å²) in [4.78, 5) is 28.0. The van der Waals surface area contributed by atoms with Gasteiger partial charge in [-0.3, -0.25) is 9.88 Å². The molecule has 0 aliphatic heterocycles. The Morgan fingerprint density at radius 1 is 0.923 bits per heavy atom. The highest BCUT2D eigenvalue weighted by Crippen LogP contribution is 2.50. The first kappa shape index (κ1) is 25.0. The van der Waals surface area contributed by atoms with E-state index >= 15 is 0 Å². The molecular weight excluding hydrogens is 486 g/mol. The molecule has 7 nitrogen and oxygen atoms in total. The molecule has 0 saturated heterocycles. The van der Waals surface area contributed by atoms with E-state index in [4.69, 9.17) is 10.7 Å². The van der Waals surface area contributed by atoms with E-state index in [1.54, 1.807) is 4.90 Å². The second kappa shape index (κ2) is 9.19. The first-order chi connectivity index (χ1) is 18.7. The number of pyridine rings is 1. The predicted octanol–water partition coefficient (Wildman–Crippen LogP) is 6.71. The normalized spacial score (nSPS) is 15.6. The number of nitrogens with zero attached hydrogens (tertiary/aromatic N) is 4. The lowest BCUT2D eigenvalue weighted by Gasteiger charge is -2.54. The minimum Gasteiger partial charge on any atom is -0.465 e. The molecule has 2 aliphatic carbocycles. The fourth-order valence-electron chi connectivity index (χ4n) is 6.30. The maximum absolute atomic E-state index is 12.4. The van der Waals surface area contributed by atoms with Crippen LogP contribution in [0, 0.1) is 0 Å². The summed E-state index contributed by atoms with van der Waals surface area (Å²) in [6, 6.07) is 20.8. The first-order valence-corrected chi connectivity index (χ1v) is 13.5. The molecule has 0 bridgehead atoms. The van der Waals surface area contributed by atoms with Crippen molar-refractivity contribution in [2.75, 3.05) is 5.73 Å². The van der Waals surface area contributed by atoms with Crippen LogP contribution in [0.2, 0.25) is 0 Å². The van der Waals surface area contributed by atoms with Crippen LogP contribution in [0.1, 0.15) is 56.9 Å². The van der Waals surface area contributed by atoms with Crippen LogP contribution in [0.4, 0.5) is 10.7 Å². The standard InChI is InChI=1S/C32H33N5O2/c1-31(2,3)37(30(38)39)32(16-7-17-32)23-13-10-21(11-14-23)27-24(20-8-5-4-6-9-20)18-25-26(35-27)15-12-22-19-34-29(33)36-28(22)25/h4-6,8-11,13-14,18-19H,7,12,15-17H2,1-3H3,(H,38,39)(H2,33,34,36). The van der Waals surface area contributed by atoms with E-state index in [1.165, 1.54) is 0 Å². The summed E-state index contributed by atoms with van der Waals surface area (Å²) < 4.78 is 0. The number of rotatable bonds is 4. The van der Waals surface area contributed by atoms with Gasteiger partial charge in [0, 0.05) is 28.4 Å². The Labute approximate surface area is 228 Å². The van der Waals surface area contributed by atoms with E-state index in [0.717, 1.165) is 82.6 Å². The number of carbonyl (C=O) groups is 1. The summed E-state index contributed by atoms with van der Waals surface area (Å²) in [5, 5.41) is 10.2. The van der Waals surface area contributed by atoms with E-state index in [1.807, 2.05) is 45.2 Å². The summed E-state index contributed by atoms with van der Waals surface area (Å²) in [6.07, 6.45) is 5.24. The number of anilines is 1. The van der Waals surface area contributed by atoms with Gasteiger partial charge in [-0.05, 0) is 75.6 Å². The molecule has 7 heteroatoms. The molecule has 2 heterocycles. The number of hydrogen-bond acceptors (Lipinski definition) is 5. The number of nitrogen functional groups attached to an aromatic ring is 1. The Kier molecular flexibility index (Phi) is 5.90. The summed E-state index contributed by atoms with van der Waals surface area (Å²) in [7, 11) is 0. The van der Waals surface area contributed by atoms with Gasteiger partial charge in [0.25, 0.3) is 0 Å². The summed E-state index contributed by atoms with van der Waals surface area (Å²) in [5.74, 6) is 0.262. The number of fused-ring (bicyclic) bond motifs is 3. The number of aryl methyl sites for hydroxylation is 2. The third kappa shape index (κ3) is 4.22. The van der Waals surface area contributed by atoms with Crippen molar-refractivity contribution in [3.63, 3.8) is 0 Å². The van der Waals surface area contributed by atoms with Crippen molar-refractivity contribution < 1.29 is 9.90 Å². The largest absolute Gasteiger partial charge is 0.465 e. The summed E-state index contributed by atoms with van der Waals surface area (Å²) in [5.41, 5.74) is 13.9. The second-order valence-electron chi connectivity index (χ2n) is 11.6. The molecule has 0 radical (unpaired) electrons. The molecule has 1 amide bonds. The van der Waals surface area contributed by atoms with Crippen molar-refractivity contribution in [3.05, 3.63) is 83.7 Å². The molecule has 4 aromatic rings. The molecule has 198 valence electrons. The molecule has 0 atom stereocenters. The number of amides is 1. The smallest absolute Gasteiger partial charge is 0.408 e. The monoisotopic (exact) mass is 519 g/mol. The third-order valence-electron chi connectivity index (χ3n) is 8.12. The average Bonchev–Trinajstić information content (AvgIpc) is 2.89. The Balaban J connectivity index is 1.47. The lowest BCUT2D eigenvalue weighted by molar-refractivity contribution is -0.0328.